The fraction of sp³-hybridized carbons (Fsp3) is 0.500. The monoisotopic (exact) mass is 389 g/mol. The Bertz CT molecular complexity index is 617. The third kappa shape index (κ3) is 5.49. The molecule has 0 aromatic heterocycles. The van der Waals surface area contributed by atoms with E-state index in [0.717, 1.165) is 10.2 Å². The molecule has 2 rings (SSSR count). The predicted molar refractivity (Wildman–Crippen MR) is 91.2 cm³/mol. The zero-order valence-corrected chi connectivity index (χ0v) is 14.8. The van der Waals surface area contributed by atoms with Crippen LogP contribution in [-0.4, -0.2) is 52.1 Å². The van der Waals surface area contributed by atoms with Crippen molar-refractivity contribution in [1.82, 2.24) is 10.6 Å². The second kappa shape index (κ2) is 7.82. The van der Waals surface area contributed by atoms with E-state index in [9.17, 15) is 8.42 Å². The molecule has 1 heterocycles. The van der Waals surface area contributed by atoms with Gasteiger partial charge in [0.25, 0.3) is 0 Å². The van der Waals surface area contributed by atoms with Gasteiger partial charge in [-0.3, -0.25) is 4.99 Å². The van der Waals surface area contributed by atoms with Crippen LogP contribution < -0.4 is 15.4 Å². The molecule has 6 nitrogen and oxygen atoms in total. The first-order valence-corrected chi connectivity index (χ1v) is 9.66. The lowest BCUT2D eigenvalue weighted by atomic mass is 10.3. The molecule has 8 heteroatoms. The molecule has 122 valence electrons. The average molecular weight is 390 g/mol. The van der Waals surface area contributed by atoms with Crippen molar-refractivity contribution in [2.75, 3.05) is 31.7 Å². The molecule has 0 spiro atoms. The summed E-state index contributed by atoms with van der Waals surface area (Å²) in [6, 6.07) is 7.55. The molecule has 1 aromatic rings. The maximum atomic E-state index is 11.4. The van der Waals surface area contributed by atoms with Crippen molar-refractivity contribution in [3.63, 3.8) is 0 Å². The van der Waals surface area contributed by atoms with Gasteiger partial charge in [0.05, 0.1) is 18.1 Å². The molecule has 0 bridgehead atoms. The van der Waals surface area contributed by atoms with Crippen LogP contribution in [0.15, 0.2) is 33.7 Å². The number of sulfone groups is 1. The molecular weight excluding hydrogens is 370 g/mol. The Balaban J connectivity index is 1.69. The van der Waals surface area contributed by atoms with Crippen molar-refractivity contribution < 1.29 is 13.2 Å². The Morgan fingerprint density at radius 3 is 2.73 bits per heavy atom. The number of hydrogen-bond donors (Lipinski definition) is 2. The van der Waals surface area contributed by atoms with Crippen molar-refractivity contribution in [2.24, 2.45) is 4.99 Å². The van der Waals surface area contributed by atoms with Gasteiger partial charge in [-0.1, -0.05) is 15.9 Å². The zero-order valence-electron chi connectivity index (χ0n) is 12.4. The lowest BCUT2D eigenvalue weighted by molar-refractivity contribution is 0.321. The van der Waals surface area contributed by atoms with Gasteiger partial charge >= 0.3 is 0 Å². The van der Waals surface area contributed by atoms with Crippen LogP contribution in [0, 0.1) is 0 Å². The Morgan fingerprint density at radius 1 is 1.41 bits per heavy atom. The van der Waals surface area contributed by atoms with Crippen LogP contribution in [0.1, 0.15) is 6.42 Å². The van der Waals surface area contributed by atoms with Crippen LogP contribution >= 0.6 is 15.9 Å². The summed E-state index contributed by atoms with van der Waals surface area (Å²) >= 11 is 3.37. The fourth-order valence-electron chi connectivity index (χ4n) is 2.17. The molecule has 1 fully saturated rings. The van der Waals surface area contributed by atoms with Crippen LogP contribution in [0.5, 0.6) is 5.75 Å². The minimum Gasteiger partial charge on any atom is -0.492 e. The van der Waals surface area contributed by atoms with E-state index in [2.05, 4.69) is 31.6 Å². The fourth-order valence-corrected chi connectivity index (χ4v) is 4.10. The van der Waals surface area contributed by atoms with E-state index in [1.165, 1.54) is 0 Å². The molecule has 2 N–H and O–H groups in total. The Morgan fingerprint density at radius 2 is 2.14 bits per heavy atom. The van der Waals surface area contributed by atoms with Crippen molar-refractivity contribution >= 4 is 31.7 Å². The largest absolute Gasteiger partial charge is 0.492 e. The molecule has 0 saturated carbocycles. The maximum Gasteiger partial charge on any atom is 0.191 e. The van der Waals surface area contributed by atoms with E-state index in [1.807, 2.05) is 24.3 Å². The van der Waals surface area contributed by atoms with Gasteiger partial charge in [-0.2, -0.15) is 0 Å². The Hall–Kier alpha value is -1.28. The van der Waals surface area contributed by atoms with Crippen molar-refractivity contribution in [1.29, 1.82) is 0 Å². The number of hydrogen-bond acceptors (Lipinski definition) is 4. The van der Waals surface area contributed by atoms with E-state index in [0.29, 0.717) is 25.5 Å². The standard InChI is InChI=1S/C14H20BrN3O3S/c1-16-14(18-12-6-9-22(19,20)10-12)17-7-8-21-13-4-2-11(15)3-5-13/h2-5,12H,6-10H2,1H3,(H2,16,17,18). The summed E-state index contributed by atoms with van der Waals surface area (Å²) in [6.07, 6.45) is 0.623. The lowest BCUT2D eigenvalue weighted by Crippen LogP contribution is -2.45. The first-order chi connectivity index (χ1) is 10.5. The number of rotatable bonds is 5. The predicted octanol–water partition coefficient (Wildman–Crippen LogP) is 1.18. The molecule has 0 aliphatic carbocycles. The van der Waals surface area contributed by atoms with Crippen molar-refractivity contribution in [2.45, 2.75) is 12.5 Å². The summed E-state index contributed by atoms with van der Waals surface area (Å²) in [4.78, 5) is 4.09. The summed E-state index contributed by atoms with van der Waals surface area (Å²) in [5.74, 6) is 1.81. The van der Waals surface area contributed by atoms with E-state index in [1.54, 1.807) is 7.05 Å². The molecule has 1 aliphatic heterocycles. The highest BCUT2D eigenvalue weighted by atomic mass is 79.9. The summed E-state index contributed by atoms with van der Waals surface area (Å²) < 4.78 is 29.5. The van der Waals surface area contributed by atoms with Gasteiger partial charge in [0, 0.05) is 17.6 Å². The van der Waals surface area contributed by atoms with E-state index >= 15 is 0 Å². The van der Waals surface area contributed by atoms with Crippen LogP contribution in [0.4, 0.5) is 0 Å². The summed E-state index contributed by atoms with van der Waals surface area (Å²) in [5, 5.41) is 6.24. The van der Waals surface area contributed by atoms with Gasteiger partial charge in [-0.15, -0.1) is 0 Å². The molecular formula is C14H20BrN3O3S. The number of benzene rings is 1. The van der Waals surface area contributed by atoms with Gasteiger partial charge in [-0.05, 0) is 30.7 Å². The highest BCUT2D eigenvalue weighted by Crippen LogP contribution is 2.15. The van der Waals surface area contributed by atoms with Crippen LogP contribution in [-0.2, 0) is 9.84 Å². The minimum absolute atomic E-state index is 0.0661. The van der Waals surface area contributed by atoms with E-state index in [4.69, 9.17) is 4.74 Å². The van der Waals surface area contributed by atoms with E-state index < -0.39 is 9.84 Å². The highest BCUT2D eigenvalue weighted by molar-refractivity contribution is 9.10. The summed E-state index contributed by atoms with van der Waals surface area (Å²) in [5.41, 5.74) is 0. The van der Waals surface area contributed by atoms with Gasteiger partial charge in [0.1, 0.15) is 12.4 Å². The number of nitrogens with zero attached hydrogens (tertiary/aromatic N) is 1. The summed E-state index contributed by atoms with van der Waals surface area (Å²) in [6.45, 7) is 1.07. The van der Waals surface area contributed by atoms with Crippen molar-refractivity contribution in [3.8, 4) is 5.75 Å². The quantitative estimate of drug-likeness (QED) is 0.449. The first kappa shape index (κ1) is 17.1. The summed E-state index contributed by atoms with van der Waals surface area (Å²) in [7, 11) is -1.23. The molecule has 1 aromatic carbocycles. The Kier molecular flexibility index (Phi) is 6.07. The number of nitrogens with one attached hydrogen (secondary N) is 2. The van der Waals surface area contributed by atoms with Gasteiger partial charge in [0.15, 0.2) is 15.8 Å². The topological polar surface area (TPSA) is 79.8 Å². The maximum absolute atomic E-state index is 11.4. The number of ether oxygens (including phenoxy) is 1. The van der Waals surface area contributed by atoms with Crippen LogP contribution in [0.3, 0.4) is 0 Å². The molecule has 0 radical (unpaired) electrons. The molecule has 1 atom stereocenters. The second-order valence-electron chi connectivity index (χ2n) is 5.05. The normalized spacial score (nSPS) is 20.6. The smallest absolute Gasteiger partial charge is 0.191 e. The minimum atomic E-state index is -2.89. The third-order valence-corrected chi connectivity index (χ3v) is 5.57. The Labute approximate surface area is 139 Å². The number of guanidine groups is 1. The first-order valence-electron chi connectivity index (χ1n) is 7.04. The van der Waals surface area contributed by atoms with Gasteiger partial charge < -0.3 is 15.4 Å². The van der Waals surface area contributed by atoms with Crippen LogP contribution in [0.25, 0.3) is 0 Å². The molecule has 1 saturated heterocycles. The molecule has 22 heavy (non-hydrogen) atoms. The van der Waals surface area contributed by atoms with Gasteiger partial charge in [0.2, 0.25) is 0 Å². The van der Waals surface area contributed by atoms with E-state index in [-0.39, 0.29) is 17.5 Å². The molecule has 1 unspecified atom stereocenters. The molecule has 0 amide bonds. The number of halogens is 1. The highest BCUT2D eigenvalue weighted by Gasteiger charge is 2.28. The van der Waals surface area contributed by atoms with Crippen LogP contribution in [0.2, 0.25) is 0 Å². The second-order valence-corrected chi connectivity index (χ2v) is 8.19. The zero-order chi connectivity index (χ0) is 16.0. The van der Waals surface area contributed by atoms with Gasteiger partial charge in [-0.25, -0.2) is 8.42 Å². The van der Waals surface area contributed by atoms with Crippen molar-refractivity contribution in [3.05, 3.63) is 28.7 Å². The SMILES string of the molecule is CN=C(NCCOc1ccc(Br)cc1)NC1CCS(=O)(=O)C1. The average Bonchev–Trinajstić information content (AvgIpc) is 2.83. The third-order valence-electron chi connectivity index (χ3n) is 3.27. The number of aliphatic imine (C=N–C) groups is 1. The lowest BCUT2D eigenvalue weighted by Gasteiger charge is -2.16. The molecule has 1 aliphatic rings.